The predicted molar refractivity (Wildman–Crippen MR) is 106 cm³/mol. The van der Waals surface area contributed by atoms with E-state index in [-0.39, 0.29) is 0 Å². The number of aromatic nitrogens is 4. The summed E-state index contributed by atoms with van der Waals surface area (Å²) < 4.78 is 5.45. The third-order valence-electron chi connectivity index (χ3n) is 4.54. The van der Waals surface area contributed by atoms with E-state index in [2.05, 4.69) is 39.9 Å². The molecule has 0 bridgehead atoms. The Kier molecular flexibility index (Phi) is 5.02. The number of aromatic amines is 1. The summed E-state index contributed by atoms with van der Waals surface area (Å²) in [6.07, 6.45) is 1.95. The summed E-state index contributed by atoms with van der Waals surface area (Å²) in [6, 6.07) is 12.5. The van der Waals surface area contributed by atoms with Crippen LogP contribution in [0.15, 0.2) is 36.4 Å². The molecule has 3 N–H and O–H groups in total. The molecule has 1 aromatic carbocycles. The Hall–Kier alpha value is -2.93. The third kappa shape index (κ3) is 4.43. The fourth-order valence-electron chi connectivity index (χ4n) is 3.16. The van der Waals surface area contributed by atoms with Gasteiger partial charge in [0, 0.05) is 42.6 Å². The van der Waals surface area contributed by atoms with Gasteiger partial charge in [0.2, 0.25) is 0 Å². The summed E-state index contributed by atoms with van der Waals surface area (Å²) in [7, 11) is 0. The summed E-state index contributed by atoms with van der Waals surface area (Å²) in [4.78, 5) is 9.46. The van der Waals surface area contributed by atoms with Crippen LogP contribution >= 0.6 is 0 Å². The second-order valence-electron chi connectivity index (χ2n) is 6.92. The molecule has 140 valence electrons. The van der Waals surface area contributed by atoms with E-state index >= 15 is 0 Å². The quantitative estimate of drug-likeness (QED) is 0.638. The fraction of sp³-hybridized carbons (Fsp3) is 0.350. The van der Waals surface area contributed by atoms with E-state index < -0.39 is 0 Å². The Morgan fingerprint density at radius 2 is 1.81 bits per heavy atom. The molecule has 1 aliphatic heterocycles. The van der Waals surface area contributed by atoms with Crippen molar-refractivity contribution in [2.75, 3.05) is 23.8 Å². The van der Waals surface area contributed by atoms with E-state index in [1.165, 1.54) is 5.56 Å². The predicted octanol–water partition coefficient (Wildman–Crippen LogP) is 3.82. The van der Waals surface area contributed by atoms with Crippen molar-refractivity contribution < 1.29 is 4.74 Å². The van der Waals surface area contributed by atoms with Gasteiger partial charge >= 0.3 is 0 Å². The third-order valence-corrected chi connectivity index (χ3v) is 4.54. The molecule has 3 heterocycles. The average Bonchev–Trinajstić information content (AvgIpc) is 3.07. The number of anilines is 3. The van der Waals surface area contributed by atoms with Gasteiger partial charge in [-0.3, -0.25) is 5.10 Å². The minimum Gasteiger partial charge on any atom is -0.381 e. The smallest absolute Gasteiger partial charge is 0.163 e. The summed E-state index contributed by atoms with van der Waals surface area (Å²) >= 11 is 0. The molecule has 0 amide bonds. The van der Waals surface area contributed by atoms with Crippen LogP contribution in [0, 0.1) is 13.8 Å². The highest BCUT2D eigenvalue weighted by Crippen LogP contribution is 2.24. The zero-order chi connectivity index (χ0) is 18.6. The summed E-state index contributed by atoms with van der Waals surface area (Å²) in [5.74, 6) is 2.94. The van der Waals surface area contributed by atoms with Crippen LogP contribution in [-0.4, -0.2) is 39.4 Å². The van der Waals surface area contributed by atoms with Crippen LogP contribution in [0.5, 0.6) is 0 Å². The van der Waals surface area contributed by atoms with E-state index in [1.807, 2.05) is 31.2 Å². The van der Waals surface area contributed by atoms with Crippen LogP contribution in [0.3, 0.4) is 0 Å². The van der Waals surface area contributed by atoms with Crippen LogP contribution < -0.4 is 10.6 Å². The van der Waals surface area contributed by atoms with Crippen molar-refractivity contribution >= 4 is 17.5 Å². The van der Waals surface area contributed by atoms with E-state index in [9.17, 15) is 0 Å². The topological polar surface area (TPSA) is 87.8 Å². The summed E-state index contributed by atoms with van der Waals surface area (Å²) in [5, 5.41) is 14.0. The van der Waals surface area contributed by atoms with E-state index in [0.717, 1.165) is 48.9 Å². The van der Waals surface area contributed by atoms with Gasteiger partial charge in [0.05, 0.1) is 0 Å². The number of nitrogens with zero attached hydrogens (tertiary/aromatic N) is 3. The molecule has 2 aromatic heterocycles. The largest absolute Gasteiger partial charge is 0.381 e. The number of hydrogen-bond donors (Lipinski definition) is 3. The maximum Gasteiger partial charge on any atom is 0.163 e. The highest BCUT2D eigenvalue weighted by Gasteiger charge is 2.16. The van der Waals surface area contributed by atoms with Crippen molar-refractivity contribution in [2.24, 2.45) is 0 Å². The first-order chi connectivity index (χ1) is 13.2. The lowest BCUT2D eigenvalue weighted by Gasteiger charge is -2.24. The van der Waals surface area contributed by atoms with Crippen LogP contribution in [-0.2, 0) is 4.74 Å². The lowest BCUT2D eigenvalue weighted by Crippen LogP contribution is -2.28. The molecule has 1 fully saturated rings. The van der Waals surface area contributed by atoms with Crippen LogP contribution in [0.1, 0.15) is 24.1 Å². The number of rotatable bonds is 5. The van der Waals surface area contributed by atoms with Crippen molar-refractivity contribution in [3.8, 4) is 11.4 Å². The molecule has 1 saturated heterocycles. The first kappa shape index (κ1) is 17.5. The SMILES string of the molecule is Cc1cccc(-c2nc(Nc3cc(C)[nH]n3)cc(NC3CCOCC3)n2)c1. The van der Waals surface area contributed by atoms with Crippen molar-refractivity contribution in [2.45, 2.75) is 32.7 Å². The number of aryl methyl sites for hydroxylation is 2. The molecule has 0 unspecified atom stereocenters. The lowest BCUT2D eigenvalue weighted by atomic mass is 10.1. The van der Waals surface area contributed by atoms with Gasteiger partial charge in [-0.05, 0) is 32.8 Å². The molecular weight excluding hydrogens is 340 g/mol. The second-order valence-corrected chi connectivity index (χ2v) is 6.92. The van der Waals surface area contributed by atoms with E-state index in [4.69, 9.17) is 14.7 Å². The Morgan fingerprint density at radius 3 is 2.56 bits per heavy atom. The monoisotopic (exact) mass is 364 g/mol. The summed E-state index contributed by atoms with van der Waals surface area (Å²) in [5.41, 5.74) is 3.16. The van der Waals surface area contributed by atoms with Gasteiger partial charge in [-0.15, -0.1) is 0 Å². The molecule has 3 aromatic rings. The highest BCUT2D eigenvalue weighted by molar-refractivity contribution is 5.64. The zero-order valence-corrected chi connectivity index (χ0v) is 15.6. The van der Waals surface area contributed by atoms with Gasteiger partial charge in [0.25, 0.3) is 0 Å². The first-order valence-electron chi connectivity index (χ1n) is 9.25. The van der Waals surface area contributed by atoms with Gasteiger partial charge in [-0.1, -0.05) is 23.8 Å². The Bertz CT molecular complexity index is 916. The number of benzene rings is 1. The lowest BCUT2D eigenvalue weighted by molar-refractivity contribution is 0.0904. The molecule has 0 aliphatic carbocycles. The Balaban J connectivity index is 1.66. The standard InChI is InChI=1S/C20H24N6O/c1-13-4-3-5-15(10-13)20-23-17(21-16-6-8-27-9-7-16)12-18(24-20)22-19-11-14(2)25-26-19/h3-5,10-12,16H,6-9H2,1-2H3,(H3,21,22,23,24,25,26). The van der Waals surface area contributed by atoms with Crippen molar-refractivity contribution in [3.05, 3.63) is 47.7 Å². The van der Waals surface area contributed by atoms with Crippen LogP contribution in [0.4, 0.5) is 17.5 Å². The van der Waals surface area contributed by atoms with E-state index in [0.29, 0.717) is 17.7 Å². The van der Waals surface area contributed by atoms with Crippen molar-refractivity contribution in [1.29, 1.82) is 0 Å². The molecule has 0 radical (unpaired) electrons. The van der Waals surface area contributed by atoms with Gasteiger partial charge in [0.15, 0.2) is 11.6 Å². The van der Waals surface area contributed by atoms with Crippen molar-refractivity contribution in [1.82, 2.24) is 20.2 Å². The molecule has 7 heteroatoms. The maximum atomic E-state index is 5.45. The van der Waals surface area contributed by atoms with Gasteiger partial charge in [-0.2, -0.15) is 5.10 Å². The van der Waals surface area contributed by atoms with Crippen LogP contribution in [0.2, 0.25) is 0 Å². The molecule has 7 nitrogen and oxygen atoms in total. The van der Waals surface area contributed by atoms with Gasteiger partial charge in [-0.25, -0.2) is 9.97 Å². The molecule has 1 aliphatic rings. The molecule has 0 spiro atoms. The Labute approximate surface area is 158 Å². The van der Waals surface area contributed by atoms with E-state index in [1.54, 1.807) is 0 Å². The summed E-state index contributed by atoms with van der Waals surface area (Å²) in [6.45, 7) is 5.60. The van der Waals surface area contributed by atoms with Crippen LogP contribution in [0.25, 0.3) is 11.4 Å². The van der Waals surface area contributed by atoms with Gasteiger partial charge < -0.3 is 15.4 Å². The minimum absolute atomic E-state index is 0.361. The van der Waals surface area contributed by atoms with Crippen molar-refractivity contribution in [3.63, 3.8) is 0 Å². The number of hydrogen-bond acceptors (Lipinski definition) is 6. The molecule has 0 saturated carbocycles. The normalized spacial score (nSPS) is 14.9. The number of ether oxygens (including phenoxy) is 1. The first-order valence-corrected chi connectivity index (χ1v) is 9.25. The Morgan fingerprint density at radius 1 is 1.00 bits per heavy atom. The molecule has 4 rings (SSSR count). The molecule has 0 atom stereocenters. The minimum atomic E-state index is 0.361. The second kappa shape index (κ2) is 7.75. The fourth-order valence-corrected chi connectivity index (χ4v) is 3.16. The average molecular weight is 364 g/mol. The highest BCUT2D eigenvalue weighted by atomic mass is 16.5. The maximum absolute atomic E-state index is 5.45. The number of nitrogens with one attached hydrogen (secondary N) is 3. The molecule has 27 heavy (non-hydrogen) atoms. The number of H-pyrrole nitrogens is 1. The van der Waals surface area contributed by atoms with Gasteiger partial charge in [0.1, 0.15) is 11.6 Å². The molecular formula is C20H24N6O. The zero-order valence-electron chi connectivity index (χ0n) is 15.6.